The van der Waals surface area contributed by atoms with Crippen molar-refractivity contribution in [3.8, 4) is 0 Å². The maximum absolute atomic E-state index is 11.3. The molecule has 1 saturated heterocycles. The number of hydrogen-bond donors (Lipinski definition) is 1. The minimum absolute atomic E-state index is 0.179. The second-order valence-corrected chi connectivity index (χ2v) is 6.74. The third-order valence-corrected chi connectivity index (χ3v) is 4.50. The first-order valence-corrected chi connectivity index (χ1v) is 8.03. The summed E-state index contributed by atoms with van der Waals surface area (Å²) in [6, 6.07) is 0.526. The van der Waals surface area contributed by atoms with Crippen LogP contribution in [-0.4, -0.2) is 44.5 Å². The Kier molecular flexibility index (Phi) is 4.23. The Morgan fingerprint density at radius 1 is 1.44 bits per heavy atom. The van der Waals surface area contributed by atoms with Crippen LogP contribution in [0.3, 0.4) is 0 Å². The van der Waals surface area contributed by atoms with Crippen molar-refractivity contribution in [3.63, 3.8) is 0 Å². The van der Waals surface area contributed by atoms with Crippen molar-refractivity contribution in [3.05, 3.63) is 12.0 Å². The van der Waals surface area contributed by atoms with Crippen LogP contribution in [0.5, 0.6) is 0 Å². The van der Waals surface area contributed by atoms with Gasteiger partial charge in [0.15, 0.2) is 9.84 Å². The molecule has 0 aliphatic carbocycles. The van der Waals surface area contributed by atoms with Gasteiger partial charge in [0.1, 0.15) is 6.26 Å². The van der Waals surface area contributed by atoms with Gasteiger partial charge in [-0.1, -0.05) is 6.92 Å². The van der Waals surface area contributed by atoms with Crippen LogP contribution in [0.2, 0.25) is 0 Å². The molecule has 2 rings (SSSR count). The lowest BCUT2D eigenvalue weighted by Gasteiger charge is -2.24. The fraction of sp³-hybridized carbons (Fsp3) is 0.727. The normalized spacial score (nSPS) is 19.1. The summed E-state index contributed by atoms with van der Waals surface area (Å²) in [4.78, 5) is 6.23. The third-order valence-electron chi connectivity index (χ3n) is 2.89. The van der Waals surface area contributed by atoms with E-state index in [1.54, 1.807) is 6.26 Å². The molecule has 2 heterocycles. The van der Waals surface area contributed by atoms with E-state index in [0.717, 1.165) is 18.7 Å². The Balaban J connectivity index is 1.90. The largest absolute Gasteiger partial charge is 0.432 e. The Morgan fingerprint density at radius 3 is 2.83 bits per heavy atom. The molecule has 1 fully saturated rings. The van der Waals surface area contributed by atoms with Crippen LogP contribution in [0.4, 0.5) is 6.01 Å². The van der Waals surface area contributed by atoms with Gasteiger partial charge in [0.25, 0.3) is 6.01 Å². The quantitative estimate of drug-likeness (QED) is 0.783. The predicted molar refractivity (Wildman–Crippen MR) is 69.4 cm³/mol. The first kappa shape index (κ1) is 13.4. The molecule has 0 radical (unpaired) electrons. The van der Waals surface area contributed by atoms with E-state index in [1.807, 2.05) is 4.90 Å². The minimum Gasteiger partial charge on any atom is -0.432 e. The summed E-state index contributed by atoms with van der Waals surface area (Å²) in [5.41, 5.74) is 0.854. The van der Waals surface area contributed by atoms with E-state index >= 15 is 0 Å². The van der Waals surface area contributed by atoms with Gasteiger partial charge >= 0.3 is 0 Å². The Labute approximate surface area is 107 Å². The van der Waals surface area contributed by atoms with Crippen molar-refractivity contribution >= 4 is 15.9 Å². The highest BCUT2D eigenvalue weighted by Gasteiger charge is 2.24. The van der Waals surface area contributed by atoms with Gasteiger partial charge in [-0.3, -0.25) is 0 Å². The molecule has 0 saturated carbocycles. The monoisotopic (exact) mass is 273 g/mol. The first-order chi connectivity index (χ1) is 8.61. The zero-order valence-electron chi connectivity index (χ0n) is 10.6. The van der Waals surface area contributed by atoms with E-state index in [1.165, 1.54) is 0 Å². The number of nitrogens with zero attached hydrogens (tertiary/aromatic N) is 2. The number of sulfone groups is 1. The van der Waals surface area contributed by atoms with E-state index < -0.39 is 9.84 Å². The molecule has 1 aromatic rings. The fourth-order valence-corrected chi connectivity index (χ4v) is 3.02. The van der Waals surface area contributed by atoms with Gasteiger partial charge in [-0.25, -0.2) is 8.42 Å². The van der Waals surface area contributed by atoms with Crippen LogP contribution in [0, 0.1) is 0 Å². The average Bonchev–Trinajstić information content (AvgIpc) is 2.78. The highest BCUT2D eigenvalue weighted by atomic mass is 32.2. The Morgan fingerprint density at radius 2 is 2.17 bits per heavy atom. The lowest BCUT2D eigenvalue weighted by molar-refractivity contribution is 0.529. The summed E-state index contributed by atoms with van der Waals surface area (Å²) < 4.78 is 28.0. The van der Waals surface area contributed by atoms with E-state index in [4.69, 9.17) is 4.42 Å². The van der Waals surface area contributed by atoms with Crippen LogP contribution < -0.4 is 10.2 Å². The molecule has 0 amide bonds. The minimum atomic E-state index is -2.86. The third kappa shape index (κ3) is 3.46. The van der Waals surface area contributed by atoms with E-state index in [0.29, 0.717) is 25.6 Å². The fourth-order valence-electron chi connectivity index (χ4n) is 1.82. The van der Waals surface area contributed by atoms with Gasteiger partial charge in [0.05, 0.1) is 17.2 Å². The Bertz CT molecular complexity index is 469. The van der Waals surface area contributed by atoms with Crippen molar-refractivity contribution in [2.24, 2.45) is 0 Å². The van der Waals surface area contributed by atoms with Crippen LogP contribution >= 0.6 is 0 Å². The predicted octanol–water partition coefficient (Wildman–Crippen LogP) is 0.409. The second kappa shape index (κ2) is 5.71. The van der Waals surface area contributed by atoms with E-state index in [-0.39, 0.29) is 11.5 Å². The molecule has 1 aromatic heterocycles. The summed E-state index contributed by atoms with van der Waals surface area (Å²) in [6.07, 6.45) is 2.70. The molecule has 6 nitrogen and oxygen atoms in total. The molecular formula is C11H19N3O3S. The van der Waals surface area contributed by atoms with Crippen LogP contribution in [0.25, 0.3) is 0 Å². The molecule has 1 aliphatic rings. The smallest absolute Gasteiger partial charge is 0.297 e. The van der Waals surface area contributed by atoms with Gasteiger partial charge in [-0.15, -0.1) is 0 Å². The molecule has 18 heavy (non-hydrogen) atoms. The van der Waals surface area contributed by atoms with Gasteiger partial charge in [-0.05, 0) is 13.0 Å². The summed E-state index contributed by atoms with van der Waals surface area (Å²) in [7, 11) is -2.86. The molecule has 0 aromatic carbocycles. The number of aromatic nitrogens is 1. The molecule has 0 atom stereocenters. The lowest BCUT2D eigenvalue weighted by atomic mass is 10.4. The summed E-state index contributed by atoms with van der Waals surface area (Å²) >= 11 is 0. The highest BCUT2D eigenvalue weighted by molar-refractivity contribution is 7.91. The van der Waals surface area contributed by atoms with Crippen molar-refractivity contribution in [1.29, 1.82) is 0 Å². The number of nitrogens with one attached hydrogen (secondary N) is 1. The van der Waals surface area contributed by atoms with E-state index in [2.05, 4.69) is 17.2 Å². The summed E-state index contributed by atoms with van der Waals surface area (Å²) in [5.74, 6) is 0.359. The molecule has 0 bridgehead atoms. The maximum Gasteiger partial charge on any atom is 0.297 e. The second-order valence-electron chi connectivity index (χ2n) is 4.44. The van der Waals surface area contributed by atoms with Gasteiger partial charge in [0.2, 0.25) is 0 Å². The zero-order valence-corrected chi connectivity index (χ0v) is 11.4. The van der Waals surface area contributed by atoms with Gasteiger partial charge < -0.3 is 14.6 Å². The highest BCUT2D eigenvalue weighted by Crippen LogP contribution is 2.16. The average molecular weight is 273 g/mol. The van der Waals surface area contributed by atoms with Crippen molar-refractivity contribution < 1.29 is 12.8 Å². The van der Waals surface area contributed by atoms with Gasteiger partial charge in [-0.2, -0.15) is 4.98 Å². The number of anilines is 1. The van der Waals surface area contributed by atoms with Gasteiger partial charge in [0, 0.05) is 19.6 Å². The molecular weight excluding hydrogens is 254 g/mol. The number of oxazole rings is 1. The first-order valence-electron chi connectivity index (χ1n) is 6.21. The SMILES string of the molecule is CCCNCc1coc(N2CCS(=O)(=O)CC2)n1. The molecule has 102 valence electrons. The van der Waals surface area contributed by atoms with Crippen molar-refractivity contribution in [2.45, 2.75) is 19.9 Å². The number of rotatable bonds is 5. The molecule has 1 aliphatic heterocycles. The lowest BCUT2D eigenvalue weighted by Crippen LogP contribution is -2.40. The van der Waals surface area contributed by atoms with Crippen molar-refractivity contribution in [2.75, 3.05) is 36.0 Å². The molecule has 7 heteroatoms. The maximum atomic E-state index is 11.3. The summed E-state index contributed by atoms with van der Waals surface area (Å²) in [6.45, 7) is 4.67. The standard InChI is InChI=1S/C11H19N3O3S/c1-2-3-12-8-10-9-17-11(13-10)14-4-6-18(15,16)7-5-14/h9,12H,2-8H2,1H3. The Hall–Kier alpha value is -1.08. The summed E-state index contributed by atoms with van der Waals surface area (Å²) in [5, 5.41) is 3.24. The van der Waals surface area contributed by atoms with Crippen molar-refractivity contribution in [1.82, 2.24) is 10.3 Å². The molecule has 0 unspecified atom stereocenters. The van der Waals surface area contributed by atoms with Crippen LogP contribution in [0.15, 0.2) is 10.7 Å². The topological polar surface area (TPSA) is 75.4 Å². The number of hydrogen-bond acceptors (Lipinski definition) is 6. The zero-order chi connectivity index (χ0) is 13.0. The molecule has 0 spiro atoms. The van der Waals surface area contributed by atoms with Crippen LogP contribution in [0.1, 0.15) is 19.0 Å². The van der Waals surface area contributed by atoms with E-state index in [9.17, 15) is 8.42 Å². The molecule has 1 N–H and O–H groups in total. The van der Waals surface area contributed by atoms with Crippen LogP contribution in [-0.2, 0) is 16.4 Å².